The zero-order chi connectivity index (χ0) is 25.6. The van der Waals surface area contributed by atoms with Crippen molar-refractivity contribution in [3.8, 4) is 11.5 Å². The van der Waals surface area contributed by atoms with Crippen molar-refractivity contribution in [3.05, 3.63) is 95.7 Å². The van der Waals surface area contributed by atoms with Gasteiger partial charge in [0.25, 0.3) is 0 Å². The van der Waals surface area contributed by atoms with E-state index in [1.54, 1.807) is 14.2 Å². The zero-order valence-electron chi connectivity index (χ0n) is 21.7. The Morgan fingerprint density at radius 2 is 1.65 bits per heavy atom. The first-order chi connectivity index (χ1) is 18.1. The highest BCUT2D eigenvalue weighted by Gasteiger charge is 2.26. The number of ether oxygens (including phenoxy) is 2. The van der Waals surface area contributed by atoms with Crippen LogP contribution >= 0.6 is 0 Å². The number of hydrogen-bond donors (Lipinski definition) is 1. The molecule has 0 atom stereocenters. The summed E-state index contributed by atoms with van der Waals surface area (Å²) in [5, 5.41) is 4.39. The van der Waals surface area contributed by atoms with Crippen molar-refractivity contribution >= 4 is 16.8 Å². The molecule has 3 aromatic carbocycles. The fourth-order valence-electron chi connectivity index (χ4n) is 5.28. The number of aromatic nitrogens is 1. The standard InChI is InChI=1S/C31H35N3O3/c1-36-28-12-13-30(37-2)26(19-28)20-32-31(35)24-14-16-33(17-15-24)22-27-18-25-10-6-7-11-29(25)34(27)21-23-8-4-3-5-9-23/h3-13,18-19,24H,14-17,20-22H2,1-2H3,(H,32,35). The fraction of sp³-hybridized carbons (Fsp3) is 0.323. The van der Waals surface area contributed by atoms with Gasteiger partial charge in [-0.05, 0) is 67.2 Å². The van der Waals surface area contributed by atoms with E-state index >= 15 is 0 Å². The lowest BCUT2D eigenvalue weighted by Gasteiger charge is -2.31. The van der Waals surface area contributed by atoms with Gasteiger partial charge < -0.3 is 19.4 Å². The summed E-state index contributed by atoms with van der Waals surface area (Å²) in [6.07, 6.45) is 1.72. The van der Waals surface area contributed by atoms with E-state index in [2.05, 4.69) is 75.4 Å². The highest BCUT2D eigenvalue weighted by atomic mass is 16.5. The lowest BCUT2D eigenvalue weighted by Crippen LogP contribution is -2.40. The number of carbonyl (C=O) groups is 1. The SMILES string of the molecule is COc1ccc(OC)c(CNC(=O)C2CCN(Cc3cc4ccccc4n3Cc3ccccc3)CC2)c1. The molecule has 5 rings (SSSR count). The molecule has 192 valence electrons. The fourth-order valence-corrected chi connectivity index (χ4v) is 5.28. The van der Waals surface area contributed by atoms with Gasteiger partial charge in [0.2, 0.25) is 5.91 Å². The molecule has 0 saturated carbocycles. The minimum Gasteiger partial charge on any atom is -0.497 e. The van der Waals surface area contributed by atoms with Crippen LogP contribution in [0.3, 0.4) is 0 Å². The first-order valence-corrected chi connectivity index (χ1v) is 13.0. The second-order valence-corrected chi connectivity index (χ2v) is 9.71. The van der Waals surface area contributed by atoms with Gasteiger partial charge in [0.15, 0.2) is 0 Å². The number of carbonyl (C=O) groups excluding carboxylic acids is 1. The zero-order valence-corrected chi connectivity index (χ0v) is 21.7. The van der Waals surface area contributed by atoms with Crippen LogP contribution in [0.15, 0.2) is 78.9 Å². The molecule has 1 aromatic heterocycles. The molecule has 1 N–H and O–H groups in total. The Balaban J connectivity index is 1.20. The molecule has 1 aliphatic heterocycles. The van der Waals surface area contributed by atoms with E-state index in [4.69, 9.17) is 9.47 Å². The second kappa shape index (κ2) is 11.5. The molecule has 0 unspecified atom stereocenters. The maximum absolute atomic E-state index is 13.0. The summed E-state index contributed by atoms with van der Waals surface area (Å²) in [6.45, 7) is 3.99. The van der Waals surface area contributed by atoms with E-state index < -0.39 is 0 Å². The molecule has 1 aliphatic rings. The summed E-state index contributed by atoms with van der Waals surface area (Å²) in [5.41, 5.74) is 4.80. The summed E-state index contributed by atoms with van der Waals surface area (Å²) in [7, 11) is 3.28. The number of nitrogens with zero attached hydrogens (tertiary/aromatic N) is 2. The molecule has 0 radical (unpaired) electrons. The predicted octanol–water partition coefficient (Wildman–Crippen LogP) is 5.24. The minimum atomic E-state index is 0.0306. The number of hydrogen-bond acceptors (Lipinski definition) is 4. The molecule has 0 bridgehead atoms. The number of para-hydroxylation sites is 1. The van der Waals surface area contributed by atoms with Crippen molar-refractivity contribution in [1.29, 1.82) is 0 Å². The lowest BCUT2D eigenvalue weighted by molar-refractivity contribution is -0.126. The summed E-state index contributed by atoms with van der Waals surface area (Å²) in [5.74, 6) is 1.65. The van der Waals surface area contributed by atoms with Crippen molar-refractivity contribution in [2.24, 2.45) is 5.92 Å². The first-order valence-electron chi connectivity index (χ1n) is 13.0. The Hall–Kier alpha value is -3.77. The van der Waals surface area contributed by atoms with Gasteiger partial charge in [-0.15, -0.1) is 0 Å². The largest absolute Gasteiger partial charge is 0.497 e. The van der Waals surface area contributed by atoms with Gasteiger partial charge in [-0.2, -0.15) is 0 Å². The quantitative estimate of drug-likeness (QED) is 0.344. The maximum atomic E-state index is 13.0. The summed E-state index contributed by atoms with van der Waals surface area (Å²) >= 11 is 0. The van der Waals surface area contributed by atoms with Gasteiger partial charge in [0, 0.05) is 42.3 Å². The van der Waals surface area contributed by atoms with E-state index in [9.17, 15) is 4.79 Å². The van der Waals surface area contributed by atoms with Crippen LogP contribution < -0.4 is 14.8 Å². The Kier molecular flexibility index (Phi) is 7.76. The Labute approximate surface area is 218 Å². The van der Waals surface area contributed by atoms with Crippen molar-refractivity contribution in [1.82, 2.24) is 14.8 Å². The summed E-state index contributed by atoms with van der Waals surface area (Å²) in [4.78, 5) is 15.4. The average molecular weight is 498 g/mol. The van der Waals surface area contributed by atoms with E-state index in [0.29, 0.717) is 6.54 Å². The van der Waals surface area contributed by atoms with Crippen LogP contribution in [-0.2, 0) is 24.4 Å². The van der Waals surface area contributed by atoms with E-state index in [1.807, 2.05) is 18.2 Å². The van der Waals surface area contributed by atoms with Crippen molar-refractivity contribution in [2.45, 2.75) is 32.5 Å². The van der Waals surface area contributed by atoms with Crippen LogP contribution in [-0.4, -0.2) is 42.7 Å². The molecular weight excluding hydrogens is 462 g/mol. The van der Waals surface area contributed by atoms with Crippen molar-refractivity contribution in [3.63, 3.8) is 0 Å². The van der Waals surface area contributed by atoms with Crippen LogP contribution in [0.25, 0.3) is 10.9 Å². The van der Waals surface area contributed by atoms with Gasteiger partial charge in [-0.1, -0.05) is 48.5 Å². The number of fused-ring (bicyclic) bond motifs is 1. The molecule has 4 aromatic rings. The van der Waals surface area contributed by atoms with E-state index in [0.717, 1.165) is 56.1 Å². The summed E-state index contributed by atoms with van der Waals surface area (Å²) < 4.78 is 13.2. The van der Waals surface area contributed by atoms with Crippen LogP contribution in [0, 0.1) is 5.92 Å². The number of piperidine rings is 1. The Bertz CT molecular complexity index is 1340. The van der Waals surface area contributed by atoms with Gasteiger partial charge >= 0.3 is 0 Å². The molecule has 1 fully saturated rings. The molecule has 6 heteroatoms. The smallest absolute Gasteiger partial charge is 0.223 e. The third kappa shape index (κ3) is 5.81. The number of rotatable bonds is 9. The number of benzene rings is 3. The minimum absolute atomic E-state index is 0.0306. The monoisotopic (exact) mass is 497 g/mol. The van der Waals surface area contributed by atoms with E-state index in [1.165, 1.54) is 22.2 Å². The third-order valence-corrected chi connectivity index (χ3v) is 7.36. The summed E-state index contributed by atoms with van der Waals surface area (Å²) in [6, 6.07) is 27.2. The third-order valence-electron chi connectivity index (χ3n) is 7.36. The lowest BCUT2D eigenvalue weighted by atomic mass is 9.95. The Morgan fingerprint density at radius 1 is 0.892 bits per heavy atom. The Morgan fingerprint density at radius 3 is 2.41 bits per heavy atom. The van der Waals surface area contributed by atoms with Crippen LogP contribution in [0.4, 0.5) is 0 Å². The highest BCUT2D eigenvalue weighted by molar-refractivity contribution is 5.81. The van der Waals surface area contributed by atoms with Gasteiger partial charge in [-0.3, -0.25) is 9.69 Å². The molecule has 0 aliphatic carbocycles. The average Bonchev–Trinajstić information content (AvgIpc) is 3.29. The second-order valence-electron chi connectivity index (χ2n) is 9.71. The van der Waals surface area contributed by atoms with Gasteiger partial charge in [-0.25, -0.2) is 0 Å². The van der Waals surface area contributed by atoms with Crippen molar-refractivity contribution in [2.75, 3.05) is 27.3 Å². The predicted molar refractivity (Wildman–Crippen MR) is 147 cm³/mol. The molecule has 1 amide bonds. The molecule has 37 heavy (non-hydrogen) atoms. The van der Waals surface area contributed by atoms with Crippen LogP contribution in [0.1, 0.15) is 29.7 Å². The first kappa shape index (κ1) is 24.9. The number of likely N-dealkylation sites (tertiary alicyclic amines) is 1. The maximum Gasteiger partial charge on any atom is 0.223 e. The van der Waals surface area contributed by atoms with Crippen LogP contribution in [0.2, 0.25) is 0 Å². The van der Waals surface area contributed by atoms with Gasteiger partial charge in [0.05, 0.1) is 14.2 Å². The number of amides is 1. The topological polar surface area (TPSA) is 55.7 Å². The molecule has 2 heterocycles. The molecular formula is C31H35N3O3. The van der Waals surface area contributed by atoms with Gasteiger partial charge in [0.1, 0.15) is 11.5 Å². The number of methoxy groups -OCH3 is 2. The number of nitrogens with one attached hydrogen (secondary N) is 1. The normalized spacial score (nSPS) is 14.5. The van der Waals surface area contributed by atoms with Crippen molar-refractivity contribution < 1.29 is 14.3 Å². The van der Waals surface area contributed by atoms with E-state index in [-0.39, 0.29) is 11.8 Å². The highest BCUT2D eigenvalue weighted by Crippen LogP contribution is 2.26. The van der Waals surface area contributed by atoms with Crippen LogP contribution in [0.5, 0.6) is 11.5 Å². The molecule has 0 spiro atoms. The molecule has 6 nitrogen and oxygen atoms in total. The molecule has 1 saturated heterocycles.